The summed E-state index contributed by atoms with van der Waals surface area (Å²) in [7, 11) is 1.67. The number of rotatable bonds is 3. The standard InChI is InChI=1S/C16H20N4O/c1-12-14-5-8-20(9-6-15(14)19-11-18-12)10-13-4-3-7-17-16(13)21-2/h3-4,7,11H,5-6,8-10H2,1-2H3. The minimum atomic E-state index is 0.718. The number of fused-ring (bicyclic) bond motifs is 1. The second kappa shape index (κ2) is 6.18. The molecule has 3 rings (SSSR count). The highest BCUT2D eigenvalue weighted by molar-refractivity contribution is 5.27. The van der Waals surface area contributed by atoms with Crippen molar-refractivity contribution in [2.75, 3.05) is 20.2 Å². The van der Waals surface area contributed by atoms with Gasteiger partial charge in [-0.3, -0.25) is 4.90 Å². The molecule has 0 aromatic carbocycles. The highest BCUT2D eigenvalue weighted by Gasteiger charge is 2.18. The molecule has 5 heteroatoms. The molecule has 0 radical (unpaired) electrons. The Morgan fingerprint density at radius 3 is 2.90 bits per heavy atom. The molecule has 0 spiro atoms. The number of aryl methyl sites for hydroxylation is 1. The van der Waals surface area contributed by atoms with Crippen molar-refractivity contribution in [3.05, 3.63) is 47.2 Å². The van der Waals surface area contributed by atoms with Crippen LogP contribution in [0.25, 0.3) is 0 Å². The van der Waals surface area contributed by atoms with E-state index in [0.717, 1.165) is 49.6 Å². The molecule has 1 aliphatic rings. The van der Waals surface area contributed by atoms with Crippen LogP contribution in [0.5, 0.6) is 5.88 Å². The van der Waals surface area contributed by atoms with E-state index >= 15 is 0 Å². The highest BCUT2D eigenvalue weighted by Crippen LogP contribution is 2.20. The largest absolute Gasteiger partial charge is 0.481 e. The van der Waals surface area contributed by atoms with Gasteiger partial charge in [-0.15, -0.1) is 0 Å². The maximum atomic E-state index is 5.34. The highest BCUT2D eigenvalue weighted by atomic mass is 16.5. The lowest BCUT2D eigenvalue weighted by Gasteiger charge is -2.20. The third-order valence-electron chi connectivity index (χ3n) is 4.03. The minimum absolute atomic E-state index is 0.718. The van der Waals surface area contributed by atoms with Crippen molar-refractivity contribution in [1.29, 1.82) is 0 Å². The van der Waals surface area contributed by atoms with Crippen LogP contribution in [0.3, 0.4) is 0 Å². The molecule has 2 aromatic rings. The topological polar surface area (TPSA) is 51.1 Å². The van der Waals surface area contributed by atoms with E-state index in [0.29, 0.717) is 0 Å². The van der Waals surface area contributed by atoms with Gasteiger partial charge in [0, 0.05) is 49.2 Å². The van der Waals surface area contributed by atoms with Crippen LogP contribution in [0.2, 0.25) is 0 Å². The maximum Gasteiger partial charge on any atom is 0.217 e. The normalized spacial score (nSPS) is 15.3. The third kappa shape index (κ3) is 3.03. The molecular weight excluding hydrogens is 264 g/mol. The van der Waals surface area contributed by atoms with Gasteiger partial charge >= 0.3 is 0 Å². The van der Waals surface area contributed by atoms with E-state index in [4.69, 9.17) is 4.74 Å². The SMILES string of the molecule is COc1ncccc1CN1CCc2ncnc(C)c2CC1. The third-order valence-corrected chi connectivity index (χ3v) is 4.03. The minimum Gasteiger partial charge on any atom is -0.481 e. The molecule has 0 fully saturated rings. The molecule has 0 amide bonds. The average Bonchev–Trinajstić information content (AvgIpc) is 2.72. The predicted octanol–water partition coefficient (Wildman–Crippen LogP) is 1.79. The van der Waals surface area contributed by atoms with E-state index in [1.165, 1.54) is 11.3 Å². The van der Waals surface area contributed by atoms with E-state index in [1.807, 2.05) is 6.07 Å². The van der Waals surface area contributed by atoms with E-state index in [2.05, 4.69) is 32.8 Å². The monoisotopic (exact) mass is 284 g/mol. The lowest BCUT2D eigenvalue weighted by atomic mass is 10.1. The van der Waals surface area contributed by atoms with Gasteiger partial charge in [0.2, 0.25) is 5.88 Å². The second-order valence-corrected chi connectivity index (χ2v) is 5.33. The quantitative estimate of drug-likeness (QED) is 0.860. The lowest BCUT2D eigenvalue weighted by molar-refractivity contribution is 0.272. The van der Waals surface area contributed by atoms with Crippen molar-refractivity contribution in [2.45, 2.75) is 26.3 Å². The summed E-state index contributed by atoms with van der Waals surface area (Å²) in [5.41, 5.74) is 4.76. The van der Waals surface area contributed by atoms with E-state index in [1.54, 1.807) is 19.6 Å². The summed E-state index contributed by atoms with van der Waals surface area (Å²) in [6, 6.07) is 4.04. The molecule has 1 aliphatic heterocycles. The number of hydrogen-bond acceptors (Lipinski definition) is 5. The number of pyridine rings is 1. The van der Waals surface area contributed by atoms with Crippen molar-refractivity contribution in [2.24, 2.45) is 0 Å². The Hall–Kier alpha value is -2.01. The summed E-state index contributed by atoms with van der Waals surface area (Å²) >= 11 is 0. The summed E-state index contributed by atoms with van der Waals surface area (Å²) in [5.74, 6) is 0.718. The zero-order valence-electron chi connectivity index (χ0n) is 12.5. The van der Waals surface area contributed by atoms with E-state index < -0.39 is 0 Å². The Balaban J connectivity index is 1.74. The molecule has 3 heterocycles. The number of methoxy groups -OCH3 is 1. The van der Waals surface area contributed by atoms with Gasteiger partial charge in [-0.25, -0.2) is 15.0 Å². The van der Waals surface area contributed by atoms with E-state index in [9.17, 15) is 0 Å². The summed E-state index contributed by atoms with van der Waals surface area (Å²) in [6.07, 6.45) is 5.42. The van der Waals surface area contributed by atoms with Crippen LogP contribution in [0.15, 0.2) is 24.7 Å². The molecule has 0 aliphatic carbocycles. The fraction of sp³-hybridized carbons (Fsp3) is 0.438. The number of aromatic nitrogens is 3. The van der Waals surface area contributed by atoms with Crippen LogP contribution < -0.4 is 4.74 Å². The molecule has 0 bridgehead atoms. The Morgan fingerprint density at radius 2 is 2.05 bits per heavy atom. The zero-order chi connectivity index (χ0) is 14.7. The Bertz CT molecular complexity index is 629. The summed E-state index contributed by atoms with van der Waals surface area (Å²) in [4.78, 5) is 15.5. The number of nitrogens with zero attached hydrogens (tertiary/aromatic N) is 4. The average molecular weight is 284 g/mol. The molecule has 0 saturated carbocycles. The first-order chi connectivity index (χ1) is 10.3. The second-order valence-electron chi connectivity index (χ2n) is 5.33. The summed E-state index contributed by atoms with van der Waals surface area (Å²) in [5, 5.41) is 0. The molecule has 110 valence electrons. The Kier molecular flexibility index (Phi) is 4.10. The van der Waals surface area contributed by atoms with Gasteiger partial charge in [-0.2, -0.15) is 0 Å². The van der Waals surface area contributed by atoms with Gasteiger partial charge in [0.1, 0.15) is 6.33 Å². The smallest absolute Gasteiger partial charge is 0.217 e. The zero-order valence-corrected chi connectivity index (χ0v) is 12.5. The van der Waals surface area contributed by atoms with Gasteiger partial charge < -0.3 is 4.74 Å². The van der Waals surface area contributed by atoms with Gasteiger partial charge in [0.15, 0.2) is 0 Å². The van der Waals surface area contributed by atoms with Crippen LogP contribution in [-0.4, -0.2) is 40.1 Å². The Morgan fingerprint density at radius 1 is 1.19 bits per heavy atom. The molecule has 0 saturated heterocycles. The van der Waals surface area contributed by atoms with Crippen LogP contribution >= 0.6 is 0 Å². The molecule has 5 nitrogen and oxygen atoms in total. The molecular formula is C16H20N4O. The van der Waals surface area contributed by atoms with Crippen LogP contribution in [-0.2, 0) is 19.4 Å². The molecule has 0 N–H and O–H groups in total. The van der Waals surface area contributed by atoms with Crippen molar-refractivity contribution in [3.63, 3.8) is 0 Å². The fourth-order valence-corrected chi connectivity index (χ4v) is 2.86. The number of ether oxygens (including phenoxy) is 1. The van der Waals surface area contributed by atoms with Gasteiger partial charge in [0.25, 0.3) is 0 Å². The van der Waals surface area contributed by atoms with Gasteiger partial charge in [-0.1, -0.05) is 6.07 Å². The first-order valence-corrected chi connectivity index (χ1v) is 7.27. The maximum absolute atomic E-state index is 5.34. The fourth-order valence-electron chi connectivity index (χ4n) is 2.86. The van der Waals surface area contributed by atoms with Crippen LogP contribution in [0.4, 0.5) is 0 Å². The molecule has 0 unspecified atom stereocenters. The van der Waals surface area contributed by atoms with Crippen molar-refractivity contribution < 1.29 is 4.74 Å². The lowest BCUT2D eigenvalue weighted by Crippen LogP contribution is -2.26. The van der Waals surface area contributed by atoms with Crippen molar-refractivity contribution >= 4 is 0 Å². The molecule has 21 heavy (non-hydrogen) atoms. The van der Waals surface area contributed by atoms with Crippen LogP contribution in [0, 0.1) is 6.92 Å². The Labute approximate surface area is 125 Å². The van der Waals surface area contributed by atoms with Crippen molar-refractivity contribution in [3.8, 4) is 5.88 Å². The first-order valence-electron chi connectivity index (χ1n) is 7.27. The number of hydrogen-bond donors (Lipinski definition) is 0. The summed E-state index contributed by atoms with van der Waals surface area (Å²) < 4.78 is 5.34. The van der Waals surface area contributed by atoms with Crippen LogP contribution in [0.1, 0.15) is 22.5 Å². The van der Waals surface area contributed by atoms with Crippen molar-refractivity contribution in [1.82, 2.24) is 19.9 Å². The molecule has 2 aromatic heterocycles. The first kappa shape index (κ1) is 13.9. The molecule has 0 atom stereocenters. The summed E-state index contributed by atoms with van der Waals surface area (Å²) in [6.45, 7) is 4.94. The van der Waals surface area contributed by atoms with Gasteiger partial charge in [-0.05, 0) is 25.0 Å². The predicted molar refractivity (Wildman–Crippen MR) is 80.2 cm³/mol. The van der Waals surface area contributed by atoms with E-state index in [-0.39, 0.29) is 0 Å². The van der Waals surface area contributed by atoms with Gasteiger partial charge in [0.05, 0.1) is 7.11 Å².